The molecule has 1 unspecified atom stereocenters. The molecule has 1 aromatic rings. The fraction of sp³-hybridized carbons (Fsp3) is 0.667. The van der Waals surface area contributed by atoms with E-state index < -0.39 is 0 Å². The largest absolute Gasteiger partial charge is 0.371 e. The molecule has 1 aliphatic carbocycles. The number of nitrogens with zero attached hydrogens (tertiary/aromatic N) is 1. The van der Waals surface area contributed by atoms with Crippen LogP contribution in [0.5, 0.6) is 0 Å². The molecular formula is C18H30N2. The van der Waals surface area contributed by atoms with E-state index in [9.17, 15) is 0 Å². The van der Waals surface area contributed by atoms with Gasteiger partial charge in [0, 0.05) is 24.8 Å². The first kappa shape index (κ1) is 15.4. The van der Waals surface area contributed by atoms with E-state index in [1.165, 1.54) is 36.9 Å². The van der Waals surface area contributed by atoms with Crippen LogP contribution in [-0.2, 0) is 0 Å². The van der Waals surface area contributed by atoms with E-state index in [0.717, 1.165) is 12.5 Å². The minimum absolute atomic E-state index is 0.418. The summed E-state index contributed by atoms with van der Waals surface area (Å²) in [4.78, 5) is 2.52. The summed E-state index contributed by atoms with van der Waals surface area (Å²) >= 11 is 0. The van der Waals surface area contributed by atoms with Crippen molar-refractivity contribution in [2.24, 2.45) is 5.92 Å². The second-order valence-electron chi connectivity index (χ2n) is 6.36. The fourth-order valence-electron chi connectivity index (χ4n) is 3.42. The minimum atomic E-state index is 0.418. The Morgan fingerprint density at radius 1 is 1.20 bits per heavy atom. The van der Waals surface area contributed by atoms with Crippen LogP contribution < -0.4 is 10.2 Å². The lowest BCUT2D eigenvalue weighted by atomic mass is 9.86. The first-order valence-corrected chi connectivity index (χ1v) is 8.18. The monoisotopic (exact) mass is 274 g/mol. The molecule has 0 saturated heterocycles. The highest BCUT2D eigenvalue weighted by molar-refractivity contribution is 5.55. The van der Waals surface area contributed by atoms with E-state index >= 15 is 0 Å². The molecule has 1 atom stereocenters. The van der Waals surface area contributed by atoms with Crippen LogP contribution in [0.15, 0.2) is 24.3 Å². The van der Waals surface area contributed by atoms with Gasteiger partial charge in [0.25, 0.3) is 0 Å². The lowest BCUT2D eigenvalue weighted by Crippen LogP contribution is -2.36. The van der Waals surface area contributed by atoms with Crippen molar-refractivity contribution in [2.75, 3.05) is 18.5 Å². The average molecular weight is 274 g/mol. The Hall–Kier alpha value is -1.02. The second kappa shape index (κ2) is 7.12. The first-order valence-electron chi connectivity index (χ1n) is 8.18. The summed E-state index contributed by atoms with van der Waals surface area (Å²) in [5.41, 5.74) is 2.83. The number of anilines is 1. The van der Waals surface area contributed by atoms with Crippen LogP contribution in [0.1, 0.15) is 58.1 Å². The summed E-state index contributed by atoms with van der Waals surface area (Å²) in [6.07, 6.45) is 5.42. The maximum atomic E-state index is 3.54. The second-order valence-corrected chi connectivity index (χ2v) is 6.36. The van der Waals surface area contributed by atoms with Gasteiger partial charge in [0.1, 0.15) is 0 Å². The predicted molar refractivity (Wildman–Crippen MR) is 88.4 cm³/mol. The highest BCUT2D eigenvalue weighted by Gasteiger charge is 2.23. The zero-order valence-electron chi connectivity index (χ0n) is 13.5. The Morgan fingerprint density at radius 2 is 1.85 bits per heavy atom. The molecule has 20 heavy (non-hydrogen) atoms. The Kier molecular flexibility index (Phi) is 5.47. The molecule has 0 aliphatic heterocycles. The van der Waals surface area contributed by atoms with Crippen molar-refractivity contribution in [1.29, 1.82) is 0 Å². The SMILES string of the molecule is CCNC(C)c1ccccc1N(C)C1CCC(C)CC1. The molecule has 2 nitrogen and oxygen atoms in total. The van der Waals surface area contributed by atoms with Gasteiger partial charge in [0.05, 0.1) is 0 Å². The smallest absolute Gasteiger partial charge is 0.0414 e. The molecule has 112 valence electrons. The molecular weight excluding hydrogens is 244 g/mol. The van der Waals surface area contributed by atoms with E-state index in [1.807, 2.05) is 0 Å². The van der Waals surface area contributed by atoms with Crippen molar-refractivity contribution in [3.63, 3.8) is 0 Å². The summed E-state index contributed by atoms with van der Waals surface area (Å²) in [7, 11) is 2.28. The summed E-state index contributed by atoms with van der Waals surface area (Å²) in [6.45, 7) is 7.84. The van der Waals surface area contributed by atoms with Gasteiger partial charge in [-0.1, -0.05) is 32.0 Å². The van der Waals surface area contributed by atoms with Crippen LogP contribution in [0.3, 0.4) is 0 Å². The maximum Gasteiger partial charge on any atom is 0.0414 e. The quantitative estimate of drug-likeness (QED) is 0.857. The third-order valence-corrected chi connectivity index (χ3v) is 4.83. The van der Waals surface area contributed by atoms with Crippen molar-refractivity contribution in [1.82, 2.24) is 5.32 Å². The summed E-state index contributed by atoms with van der Waals surface area (Å²) in [6, 6.07) is 10.00. The molecule has 1 aromatic carbocycles. The van der Waals surface area contributed by atoms with Crippen LogP contribution in [-0.4, -0.2) is 19.6 Å². The number of benzene rings is 1. The van der Waals surface area contributed by atoms with Crippen molar-refractivity contribution < 1.29 is 0 Å². The molecule has 0 radical (unpaired) electrons. The van der Waals surface area contributed by atoms with E-state index in [4.69, 9.17) is 0 Å². The third kappa shape index (κ3) is 3.54. The van der Waals surface area contributed by atoms with Crippen molar-refractivity contribution in [3.8, 4) is 0 Å². The number of nitrogens with one attached hydrogen (secondary N) is 1. The average Bonchev–Trinajstić information content (AvgIpc) is 2.47. The Labute approximate surface area is 124 Å². The van der Waals surface area contributed by atoms with E-state index in [2.05, 4.69) is 62.3 Å². The highest BCUT2D eigenvalue weighted by atomic mass is 15.1. The van der Waals surface area contributed by atoms with Gasteiger partial charge in [0.15, 0.2) is 0 Å². The predicted octanol–water partition coefficient (Wildman–Crippen LogP) is 4.37. The van der Waals surface area contributed by atoms with Gasteiger partial charge in [-0.2, -0.15) is 0 Å². The molecule has 1 saturated carbocycles. The lowest BCUT2D eigenvalue weighted by molar-refractivity contribution is 0.340. The maximum absolute atomic E-state index is 3.54. The topological polar surface area (TPSA) is 15.3 Å². The molecule has 0 aromatic heterocycles. The number of rotatable bonds is 5. The van der Waals surface area contributed by atoms with Gasteiger partial charge in [0.2, 0.25) is 0 Å². The van der Waals surface area contributed by atoms with Crippen LogP contribution >= 0.6 is 0 Å². The molecule has 0 bridgehead atoms. The molecule has 2 rings (SSSR count). The summed E-state index contributed by atoms with van der Waals surface area (Å²) < 4.78 is 0. The van der Waals surface area contributed by atoms with Gasteiger partial charge in [-0.15, -0.1) is 0 Å². The van der Waals surface area contributed by atoms with Crippen molar-refractivity contribution in [3.05, 3.63) is 29.8 Å². The number of hydrogen-bond donors (Lipinski definition) is 1. The van der Waals surface area contributed by atoms with E-state index in [0.29, 0.717) is 12.1 Å². The molecule has 0 amide bonds. The Balaban J connectivity index is 2.14. The molecule has 1 N–H and O–H groups in total. The Bertz CT molecular complexity index is 408. The standard InChI is InChI=1S/C18H30N2/c1-5-19-15(3)17-8-6-7-9-18(17)20(4)16-12-10-14(2)11-13-16/h6-9,14-16,19H,5,10-13H2,1-4H3. The van der Waals surface area contributed by atoms with Crippen LogP contribution in [0, 0.1) is 5.92 Å². The zero-order valence-corrected chi connectivity index (χ0v) is 13.5. The number of hydrogen-bond acceptors (Lipinski definition) is 2. The van der Waals surface area contributed by atoms with Gasteiger partial charge < -0.3 is 10.2 Å². The highest BCUT2D eigenvalue weighted by Crippen LogP contribution is 2.32. The lowest BCUT2D eigenvalue weighted by Gasteiger charge is -2.36. The third-order valence-electron chi connectivity index (χ3n) is 4.83. The molecule has 1 fully saturated rings. The van der Waals surface area contributed by atoms with Gasteiger partial charge >= 0.3 is 0 Å². The summed E-state index contributed by atoms with van der Waals surface area (Å²) in [5, 5.41) is 3.54. The zero-order chi connectivity index (χ0) is 14.5. The molecule has 0 heterocycles. The summed E-state index contributed by atoms with van der Waals surface area (Å²) in [5.74, 6) is 0.913. The van der Waals surface area contributed by atoms with Crippen LogP contribution in [0.4, 0.5) is 5.69 Å². The van der Waals surface area contributed by atoms with Gasteiger partial charge in [-0.3, -0.25) is 0 Å². The van der Waals surface area contributed by atoms with Crippen molar-refractivity contribution >= 4 is 5.69 Å². The van der Waals surface area contributed by atoms with Crippen LogP contribution in [0.25, 0.3) is 0 Å². The van der Waals surface area contributed by atoms with Gasteiger partial charge in [-0.05, 0) is 56.7 Å². The molecule has 1 aliphatic rings. The minimum Gasteiger partial charge on any atom is -0.371 e. The normalized spacial score (nSPS) is 24.4. The number of para-hydroxylation sites is 1. The van der Waals surface area contributed by atoms with Gasteiger partial charge in [-0.25, -0.2) is 0 Å². The molecule has 2 heteroatoms. The first-order chi connectivity index (χ1) is 9.63. The molecule has 0 spiro atoms. The van der Waals surface area contributed by atoms with E-state index in [-0.39, 0.29) is 0 Å². The Morgan fingerprint density at radius 3 is 2.50 bits per heavy atom. The fourth-order valence-corrected chi connectivity index (χ4v) is 3.42. The van der Waals surface area contributed by atoms with Crippen LogP contribution in [0.2, 0.25) is 0 Å². The van der Waals surface area contributed by atoms with Crippen molar-refractivity contribution in [2.45, 2.75) is 58.5 Å². The van der Waals surface area contributed by atoms with E-state index in [1.54, 1.807) is 0 Å².